The number of benzene rings is 2. The average Bonchev–Trinajstić information content (AvgIpc) is 3.05. The summed E-state index contributed by atoms with van der Waals surface area (Å²) >= 11 is 0. The van der Waals surface area contributed by atoms with Gasteiger partial charge in [0.25, 0.3) is 5.91 Å². The molecule has 0 aliphatic carbocycles. The molecule has 1 fully saturated rings. The molecule has 0 bridgehead atoms. The molecule has 1 heterocycles. The number of amides is 1. The average molecular weight is 430 g/mol. The minimum absolute atomic E-state index is 0.0125. The van der Waals surface area contributed by atoms with E-state index < -0.39 is 15.9 Å². The Morgan fingerprint density at radius 1 is 1.10 bits per heavy atom. The van der Waals surface area contributed by atoms with Gasteiger partial charge in [0.1, 0.15) is 5.75 Å². The maximum atomic E-state index is 13.3. The predicted octanol–water partition coefficient (Wildman–Crippen LogP) is 3.97. The maximum absolute atomic E-state index is 13.3. The number of rotatable bonds is 6. The van der Waals surface area contributed by atoms with E-state index in [9.17, 15) is 13.2 Å². The van der Waals surface area contributed by atoms with Crippen LogP contribution in [0, 0.1) is 0 Å². The van der Waals surface area contributed by atoms with Crippen LogP contribution in [0.3, 0.4) is 0 Å². The van der Waals surface area contributed by atoms with Gasteiger partial charge in [-0.3, -0.25) is 4.79 Å². The molecule has 5 nitrogen and oxygen atoms in total. The summed E-state index contributed by atoms with van der Waals surface area (Å²) in [5.41, 5.74) is 2.20. The molecule has 0 N–H and O–H groups in total. The van der Waals surface area contributed by atoms with Crippen molar-refractivity contribution in [3.63, 3.8) is 0 Å². The van der Waals surface area contributed by atoms with Crippen LogP contribution >= 0.6 is 0 Å². The first kappa shape index (κ1) is 22.3. The second-order valence-corrected chi connectivity index (χ2v) is 11.3. The second kappa shape index (κ2) is 8.80. The van der Waals surface area contributed by atoms with Crippen LogP contribution in [-0.4, -0.2) is 42.9 Å². The molecule has 2 atom stereocenters. The summed E-state index contributed by atoms with van der Waals surface area (Å²) in [6.45, 7) is 8.53. The standard InChI is InChI=1S/C24H31NO4S/c1-18(29-22-12-10-20(11-13-22)24(2,3)4)23(26)25(16-19-8-6-5-7-9-19)21-14-15-30(27,28)17-21/h5-13,18,21H,14-17H2,1-4H3. The summed E-state index contributed by atoms with van der Waals surface area (Å²) in [6, 6.07) is 17.1. The first-order chi connectivity index (χ1) is 14.0. The summed E-state index contributed by atoms with van der Waals surface area (Å²) in [6.07, 6.45) is -0.244. The van der Waals surface area contributed by atoms with Crippen molar-refractivity contribution in [1.29, 1.82) is 0 Å². The van der Waals surface area contributed by atoms with Crippen molar-refractivity contribution in [2.45, 2.75) is 58.2 Å². The van der Waals surface area contributed by atoms with Crippen molar-refractivity contribution in [3.8, 4) is 5.75 Å². The van der Waals surface area contributed by atoms with E-state index in [1.165, 1.54) is 5.56 Å². The summed E-state index contributed by atoms with van der Waals surface area (Å²) in [7, 11) is -3.10. The largest absolute Gasteiger partial charge is 0.481 e. The molecule has 6 heteroatoms. The van der Waals surface area contributed by atoms with Gasteiger partial charge >= 0.3 is 0 Å². The number of ether oxygens (including phenoxy) is 1. The van der Waals surface area contributed by atoms with E-state index in [-0.39, 0.29) is 28.9 Å². The zero-order chi connectivity index (χ0) is 21.9. The Balaban J connectivity index is 1.76. The molecule has 0 saturated carbocycles. The van der Waals surface area contributed by atoms with Crippen molar-refractivity contribution in [1.82, 2.24) is 4.90 Å². The van der Waals surface area contributed by atoms with Crippen LogP contribution in [0.4, 0.5) is 0 Å². The molecular weight excluding hydrogens is 398 g/mol. The van der Waals surface area contributed by atoms with Gasteiger partial charge in [-0.15, -0.1) is 0 Å². The lowest BCUT2D eigenvalue weighted by atomic mass is 9.87. The van der Waals surface area contributed by atoms with Gasteiger partial charge in [0.2, 0.25) is 0 Å². The first-order valence-electron chi connectivity index (χ1n) is 10.4. The van der Waals surface area contributed by atoms with E-state index in [0.717, 1.165) is 5.56 Å². The molecule has 2 aromatic rings. The summed E-state index contributed by atoms with van der Waals surface area (Å²) in [5, 5.41) is 0. The molecule has 3 rings (SSSR count). The number of hydrogen-bond donors (Lipinski definition) is 0. The lowest BCUT2D eigenvalue weighted by Crippen LogP contribution is -2.46. The molecule has 1 saturated heterocycles. The molecular formula is C24H31NO4S. The van der Waals surface area contributed by atoms with Gasteiger partial charge in [-0.2, -0.15) is 0 Å². The monoisotopic (exact) mass is 429 g/mol. The van der Waals surface area contributed by atoms with Gasteiger partial charge in [-0.05, 0) is 42.0 Å². The first-order valence-corrected chi connectivity index (χ1v) is 12.2. The van der Waals surface area contributed by atoms with Gasteiger partial charge in [0.15, 0.2) is 15.9 Å². The third kappa shape index (κ3) is 5.63. The van der Waals surface area contributed by atoms with Gasteiger partial charge in [-0.1, -0.05) is 63.2 Å². The zero-order valence-electron chi connectivity index (χ0n) is 18.2. The molecule has 0 aromatic heterocycles. The summed E-state index contributed by atoms with van der Waals surface area (Å²) in [4.78, 5) is 15.0. The van der Waals surface area contributed by atoms with Crippen molar-refractivity contribution in [2.24, 2.45) is 0 Å². The van der Waals surface area contributed by atoms with Crippen molar-refractivity contribution in [2.75, 3.05) is 11.5 Å². The highest BCUT2D eigenvalue weighted by molar-refractivity contribution is 7.91. The van der Waals surface area contributed by atoms with Crippen LogP contribution in [0.1, 0.15) is 45.2 Å². The molecule has 2 aromatic carbocycles. The Morgan fingerprint density at radius 2 is 1.73 bits per heavy atom. The fourth-order valence-electron chi connectivity index (χ4n) is 3.71. The van der Waals surface area contributed by atoms with E-state index in [1.807, 2.05) is 54.6 Å². The maximum Gasteiger partial charge on any atom is 0.263 e. The number of carbonyl (C=O) groups is 1. The van der Waals surface area contributed by atoms with E-state index in [2.05, 4.69) is 20.8 Å². The minimum Gasteiger partial charge on any atom is -0.481 e. The second-order valence-electron chi connectivity index (χ2n) is 9.04. The van der Waals surface area contributed by atoms with Gasteiger partial charge in [0, 0.05) is 12.6 Å². The molecule has 1 amide bonds. The van der Waals surface area contributed by atoms with Gasteiger partial charge in [-0.25, -0.2) is 8.42 Å². The third-order valence-corrected chi connectivity index (χ3v) is 7.26. The molecule has 1 aliphatic heterocycles. The van der Waals surface area contributed by atoms with E-state index >= 15 is 0 Å². The Hall–Kier alpha value is -2.34. The van der Waals surface area contributed by atoms with Crippen molar-refractivity contribution < 1.29 is 17.9 Å². The molecule has 0 spiro atoms. The van der Waals surface area contributed by atoms with Crippen LogP contribution in [0.25, 0.3) is 0 Å². The third-order valence-electron chi connectivity index (χ3n) is 5.51. The Labute approximate surface area is 180 Å². The van der Waals surface area contributed by atoms with E-state index in [1.54, 1.807) is 11.8 Å². The van der Waals surface area contributed by atoms with Gasteiger partial charge in [0.05, 0.1) is 11.5 Å². The molecule has 0 radical (unpaired) electrons. The number of hydrogen-bond acceptors (Lipinski definition) is 4. The SMILES string of the molecule is CC(Oc1ccc(C(C)(C)C)cc1)C(=O)N(Cc1ccccc1)C1CCS(=O)(=O)C1. The molecule has 162 valence electrons. The highest BCUT2D eigenvalue weighted by atomic mass is 32.2. The zero-order valence-corrected chi connectivity index (χ0v) is 19.0. The Kier molecular flexibility index (Phi) is 6.56. The van der Waals surface area contributed by atoms with Crippen LogP contribution in [-0.2, 0) is 26.6 Å². The van der Waals surface area contributed by atoms with Crippen LogP contribution < -0.4 is 4.74 Å². The number of nitrogens with zero attached hydrogens (tertiary/aromatic N) is 1. The lowest BCUT2D eigenvalue weighted by Gasteiger charge is -2.31. The minimum atomic E-state index is -3.10. The highest BCUT2D eigenvalue weighted by Crippen LogP contribution is 2.26. The predicted molar refractivity (Wildman–Crippen MR) is 119 cm³/mol. The van der Waals surface area contributed by atoms with Crippen molar-refractivity contribution in [3.05, 3.63) is 65.7 Å². The smallest absolute Gasteiger partial charge is 0.263 e. The number of sulfone groups is 1. The fourth-order valence-corrected chi connectivity index (χ4v) is 5.44. The quantitative estimate of drug-likeness (QED) is 0.697. The Bertz CT molecular complexity index is 963. The normalized spacial score (nSPS) is 19.3. The summed E-state index contributed by atoms with van der Waals surface area (Å²) in [5.74, 6) is 0.571. The molecule has 2 unspecified atom stereocenters. The van der Waals surface area contributed by atoms with E-state index in [0.29, 0.717) is 18.7 Å². The Morgan fingerprint density at radius 3 is 2.27 bits per heavy atom. The highest BCUT2D eigenvalue weighted by Gasteiger charge is 2.36. The van der Waals surface area contributed by atoms with Crippen LogP contribution in [0.2, 0.25) is 0 Å². The van der Waals surface area contributed by atoms with E-state index in [4.69, 9.17) is 4.74 Å². The molecule has 1 aliphatic rings. The fraction of sp³-hybridized carbons (Fsp3) is 0.458. The van der Waals surface area contributed by atoms with Crippen molar-refractivity contribution >= 4 is 15.7 Å². The van der Waals surface area contributed by atoms with Crippen LogP contribution in [0.15, 0.2) is 54.6 Å². The molecule has 30 heavy (non-hydrogen) atoms. The summed E-state index contributed by atoms with van der Waals surface area (Å²) < 4.78 is 30.0. The van der Waals surface area contributed by atoms with Gasteiger partial charge < -0.3 is 9.64 Å². The van der Waals surface area contributed by atoms with Crippen LogP contribution in [0.5, 0.6) is 5.75 Å². The topological polar surface area (TPSA) is 63.7 Å². The lowest BCUT2D eigenvalue weighted by molar-refractivity contribution is -0.140. The number of carbonyl (C=O) groups excluding carboxylic acids is 1.